The molecule has 0 aliphatic heterocycles. The van der Waals surface area contributed by atoms with Crippen LogP contribution < -0.4 is 4.74 Å². The standard InChI is InChI=1S/C16H16BrNO3/c1-4-21-16(19)12-7-8-14(18-10(12)2)13-6-5-11(17)9-15(13)20-3/h5-9H,4H2,1-3H3. The fourth-order valence-electron chi connectivity index (χ4n) is 2.01. The molecule has 0 saturated carbocycles. The van der Waals surface area contributed by atoms with Crippen LogP contribution in [0.4, 0.5) is 0 Å². The lowest BCUT2D eigenvalue weighted by molar-refractivity contribution is 0.0525. The number of benzene rings is 1. The highest BCUT2D eigenvalue weighted by Crippen LogP contribution is 2.31. The Bertz CT molecular complexity index is 671. The minimum absolute atomic E-state index is 0.348. The minimum Gasteiger partial charge on any atom is -0.496 e. The van der Waals surface area contributed by atoms with Crippen LogP contribution in [0.15, 0.2) is 34.8 Å². The van der Waals surface area contributed by atoms with Crippen LogP contribution in [0.5, 0.6) is 5.75 Å². The van der Waals surface area contributed by atoms with E-state index in [2.05, 4.69) is 20.9 Å². The maximum atomic E-state index is 11.8. The van der Waals surface area contributed by atoms with E-state index in [4.69, 9.17) is 9.47 Å². The van der Waals surface area contributed by atoms with Crippen molar-refractivity contribution in [1.82, 2.24) is 4.98 Å². The molecule has 2 rings (SSSR count). The van der Waals surface area contributed by atoms with Crippen LogP contribution >= 0.6 is 15.9 Å². The van der Waals surface area contributed by atoms with Gasteiger partial charge >= 0.3 is 5.97 Å². The van der Waals surface area contributed by atoms with Crippen LogP contribution in [0.2, 0.25) is 0 Å². The van der Waals surface area contributed by atoms with Gasteiger partial charge in [0, 0.05) is 10.0 Å². The van der Waals surface area contributed by atoms with Crippen molar-refractivity contribution in [1.29, 1.82) is 0 Å². The van der Waals surface area contributed by atoms with Crippen LogP contribution in [0.25, 0.3) is 11.3 Å². The Morgan fingerprint density at radius 1 is 1.29 bits per heavy atom. The smallest absolute Gasteiger partial charge is 0.339 e. The zero-order valence-corrected chi connectivity index (χ0v) is 13.7. The van der Waals surface area contributed by atoms with Gasteiger partial charge in [0.1, 0.15) is 5.75 Å². The molecule has 0 atom stereocenters. The number of ether oxygens (including phenoxy) is 2. The van der Waals surface area contributed by atoms with E-state index in [9.17, 15) is 4.79 Å². The van der Waals surface area contributed by atoms with Crippen LogP contribution in [0, 0.1) is 6.92 Å². The number of hydrogen-bond acceptors (Lipinski definition) is 4. The number of rotatable bonds is 4. The summed E-state index contributed by atoms with van der Waals surface area (Å²) in [6.07, 6.45) is 0. The highest BCUT2D eigenvalue weighted by atomic mass is 79.9. The van der Waals surface area contributed by atoms with E-state index in [0.29, 0.717) is 17.9 Å². The van der Waals surface area contributed by atoms with Crippen molar-refractivity contribution in [2.75, 3.05) is 13.7 Å². The molecule has 5 heteroatoms. The molecule has 1 aromatic heterocycles. The lowest BCUT2D eigenvalue weighted by atomic mass is 10.1. The number of hydrogen-bond donors (Lipinski definition) is 0. The zero-order chi connectivity index (χ0) is 15.4. The van der Waals surface area contributed by atoms with Crippen molar-refractivity contribution in [3.05, 3.63) is 46.1 Å². The molecule has 0 spiro atoms. The summed E-state index contributed by atoms with van der Waals surface area (Å²) in [4.78, 5) is 16.3. The van der Waals surface area contributed by atoms with E-state index in [1.54, 1.807) is 33.1 Å². The van der Waals surface area contributed by atoms with Crippen molar-refractivity contribution >= 4 is 21.9 Å². The Balaban J connectivity index is 2.43. The second kappa shape index (κ2) is 6.72. The molecule has 21 heavy (non-hydrogen) atoms. The van der Waals surface area contributed by atoms with Crippen LogP contribution in [0.1, 0.15) is 23.0 Å². The Hall–Kier alpha value is -1.88. The molecular formula is C16H16BrNO3. The van der Waals surface area contributed by atoms with Gasteiger partial charge in [0.15, 0.2) is 0 Å². The van der Waals surface area contributed by atoms with E-state index in [0.717, 1.165) is 21.5 Å². The average molecular weight is 350 g/mol. The summed E-state index contributed by atoms with van der Waals surface area (Å²) >= 11 is 3.41. The van der Waals surface area contributed by atoms with Gasteiger partial charge in [0.05, 0.1) is 30.7 Å². The maximum Gasteiger partial charge on any atom is 0.339 e. The van der Waals surface area contributed by atoms with Crippen molar-refractivity contribution < 1.29 is 14.3 Å². The van der Waals surface area contributed by atoms with Gasteiger partial charge in [-0.05, 0) is 44.2 Å². The molecule has 110 valence electrons. The summed E-state index contributed by atoms with van der Waals surface area (Å²) in [5, 5.41) is 0. The molecule has 0 fully saturated rings. The summed E-state index contributed by atoms with van der Waals surface area (Å²) in [5.41, 5.74) is 2.75. The van der Waals surface area contributed by atoms with Crippen LogP contribution in [-0.2, 0) is 4.74 Å². The summed E-state index contributed by atoms with van der Waals surface area (Å²) in [7, 11) is 1.62. The molecule has 0 aliphatic carbocycles. The first kappa shape index (κ1) is 15.5. The number of nitrogens with zero attached hydrogens (tertiary/aromatic N) is 1. The molecule has 0 amide bonds. The summed E-state index contributed by atoms with van der Waals surface area (Å²) in [6, 6.07) is 9.26. The van der Waals surface area contributed by atoms with Gasteiger partial charge in [0.25, 0.3) is 0 Å². The van der Waals surface area contributed by atoms with E-state index >= 15 is 0 Å². The van der Waals surface area contributed by atoms with Crippen molar-refractivity contribution in [2.45, 2.75) is 13.8 Å². The van der Waals surface area contributed by atoms with E-state index in [1.807, 2.05) is 18.2 Å². The molecule has 0 saturated heterocycles. The number of esters is 1. The van der Waals surface area contributed by atoms with E-state index in [1.165, 1.54) is 0 Å². The lowest BCUT2D eigenvalue weighted by Crippen LogP contribution is -2.08. The Morgan fingerprint density at radius 3 is 2.67 bits per heavy atom. The third kappa shape index (κ3) is 3.42. The van der Waals surface area contributed by atoms with Gasteiger partial charge in [-0.3, -0.25) is 4.98 Å². The van der Waals surface area contributed by atoms with Gasteiger partial charge in [-0.25, -0.2) is 4.79 Å². The molecule has 4 nitrogen and oxygen atoms in total. The van der Waals surface area contributed by atoms with Gasteiger partial charge in [0.2, 0.25) is 0 Å². The number of methoxy groups -OCH3 is 1. The van der Waals surface area contributed by atoms with Crippen molar-refractivity contribution in [3.63, 3.8) is 0 Å². The summed E-state index contributed by atoms with van der Waals surface area (Å²) < 4.78 is 11.3. The zero-order valence-electron chi connectivity index (χ0n) is 12.1. The fourth-order valence-corrected chi connectivity index (χ4v) is 2.35. The average Bonchev–Trinajstić information content (AvgIpc) is 2.47. The van der Waals surface area contributed by atoms with Crippen LogP contribution in [-0.4, -0.2) is 24.7 Å². The third-order valence-corrected chi connectivity index (χ3v) is 3.51. The first-order valence-corrected chi connectivity index (χ1v) is 7.34. The molecule has 1 aromatic carbocycles. The number of aryl methyl sites for hydroxylation is 1. The van der Waals surface area contributed by atoms with Gasteiger partial charge in [-0.2, -0.15) is 0 Å². The quantitative estimate of drug-likeness (QED) is 0.782. The fraction of sp³-hybridized carbons (Fsp3) is 0.250. The third-order valence-electron chi connectivity index (χ3n) is 3.02. The number of carbonyl (C=O) groups excluding carboxylic acids is 1. The molecular weight excluding hydrogens is 334 g/mol. The monoisotopic (exact) mass is 349 g/mol. The number of halogens is 1. The topological polar surface area (TPSA) is 48.4 Å². The highest BCUT2D eigenvalue weighted by Gasteiger charge is 2.14. The molecule has 0 N–H and O–H groups in total. The maximum absolute atomic E-state index is 11.8. The second-order valence-corrected chi connectivity index (χ2v) is 5.31. The molecule has 0 bridgehead atoms. The normalized spacial score (nSPS) is 10.3. The Morgan fingerprint density at radius 2 is 2.05 bits per heavy atom. The highest BCUT2D eigenvalue weighted by molar-refractivity contribution is 9.10. The van der Waals surface area contributed by atoms with Gasteiger partial charge in [-0.15, -0.1) is 0 Å². The lowest BCUT2D eigenvalue weighted by Gasteiger charge is -2.11. The van der Waals surface area contributed by atoms with Crippen LogP contribution in [0.3, 0.4) is 0 Å². The van der Waals surface area contributed by atoms with E-state index in [-0.39, 0.29) is 5.97 Å². The van der Waals surface area contributed by atoms with Crippen molar-refractivity contribution in [2.24, 2.45) is 0 Å². The minimum atomic E-state index is -0.350. The predicted octanol–water partition coefficient (Wildman–Crippen LogP) is 4.00. The number of pyridine rings is 1. The first-order chi connectivity index (χ1) is 10.1. The largest absolute Gasteiger partial charge is 0.496 e. The van der Waals surface area contributed by atoms with E-state index < -0.39 is 0 Å². The van der Waals surface area contributed by atoms with Gasteiger partial charge in [-0.1, -0.05) is 15.9 Å². The molecule has 2 aromatic rings. The SMILES string of the molecule is CCOC(=O)c1ccc(-c2ccc(Br)cc2OC)nc1C. The summed E-state index contributed by atoms with van der Waals surface area (Å²) in [6.45, 7) is 3.92. The second-order valence-electron chi connectivity index (χ2n) is 4.39. The van der Waals surface area contributed by atoms with Crippen molar-refractivity contribution in [3.8, 4) is 17.0 Å². The Labute approximate surface area is 132 Å². The molecule has 0 radical (unpaired) electrons. The van der Waals surface area contributed by atoms with Gasteiger partial charge < -0.3 is 9.47 Å². The number of carbonyl (C=O) groups is 1. The Kier molecular flexibility index (Phi) is 4.96. The molecule has 1 heterocycles. The number of aromatic nitrogens is 1. The molecule has 0 unspecified atom stereocenters. The predicted molar refractivity (Wildman–Crippen MR) is 84.6 cm³/mol. The summed E-state index contributed by atoms with van der Waals surface area (Å²) in [5.74, 6) is 0.372. The molecule has 0 aliphatic rings. The first-order valence-electron chi connectivity index (χ1n) is 6.55.